The van der Waals surface area contributed by atoms with Gasteiger partial charge in [-0.25, -0.2) is 4.39 Å². The molecular formula is C28H28FN3O5S. The van der Waals surface area contributed by atoms with Crippen LogP contribution in [0.25, 0.3) is 10.2 Å². The summed E-state index contributed by atoms with van der Waals surface area (Å²) in [5, 5.41) is 13.5. The van der Waals surface area contributed by atoms with E-state index in [0.717, 1.165) is 27.1 Å². The van der Waals surface area contributed by atoms with Crippen molar-refractivity contribution >= 4 is 27.5 Å². The molecule has 3 heterocycles. The number of thiophene rings is 1. The SMILES string of the molecule is Cc1c(CN(C)CC(O)c2ccc3c(c2)OCO3)sc2c(=O)c(C(=O)NCc3ccc(F)cc3)cn(C)c12. The number of hydrogen-bond acceptors (Lipinski definition) is 7. The van der Waals surface area contributed by atoms with Crippen LogP contribution in [-0.4, -0.2) is 40.9 Å². The zero-order valence-corrected chi connectivity index (χ0v) is 22.1. The van der Waals surface area contributed by atoms with Crippen LogP contribution in [0.3, 0.4) is 0 Å². The zero-order valence-electron chi connectivity index (χ0n) is 21.3. The van der Waals surface area contributed by atoms with Crippen molar-refractivity contribution in [1.82, 2.24) is 14.8 Å². The first-order valence-electron chi connectivity index (χ1n) is 12.1. The van der Waals surface area contributed by atoms with E-state index in [9.17, 15) is 19.1 Å². The molecule has 1 aliphatic heterocycles. The summed E-state index contributed by atoms with van der Waals surface area (Å²) in [6.07, 6.45) is 0.827. The van der Waals surface area contributed by atoms with Crippen LogP contribution in [0.4, 0.5) is 4.39 Å². The van der Waals surface area contributed by atoms with E-state index in [1.165, 1.54) is 23.5 Å². The number of amides is 1. The van der Waals surface area contributed by atoms with Gasteiger partial charge in [0.05, 0.1) is 16.3 Å². The normalized spacial score (nSPS) is 13.3. The quantitative estimate of drug-likeness (QED) is 0.355. The molecule has 2 N–H and O–H groups in total. The molecule has 8 nitrogen and oxygen atoms in total. The molecule has 0 radical (unpaired) electrons. The number of likely N-dealkylation sites (N-methyl/N-ethyl adjacent to an activating group) is 1. The number of nitrogens with zero attached hydrogens (tertiary/aromatic N) is 2. The van der Waals surface area contributed by atoms with Gasteiger partial charge in [0.1, 0.15) is 11.4 Å². The van der Waals surface area contributed by atoms with Crippen LogP contribution in [-0.2, 0) is 20.1 Å². The van der Waals surface area contributed by atoms with Gasteiger partial charge >= 0.3 is 0 Å². The first kappa shape index (κ1) is 25.9. The molecule has 2 aromatic carbocycles. The smallest absolute Gasteiger partial charge is 0.257 e. The summed E-state index contributed by atoms with van der Waals surface area (Å²) in [5.41, 5.74) is 2.96. The molecule has 1 unspecified atom stereocenters. The molecule has 2 aromatic heterocycles. The number of carbonyl (C=O) groups excluding carboxylic acids is 1. The number of aryl methyl sites for hydroxylation is 2. The van der Waals surface area contributed by atoms with Crippen LogP contribution >= 0.6 is 11.3 Å². The van der Waals surface area contributed by atoms with E-state index in [1.54, 1.807) is 35.0 Å². The number of ether oxygens (including phenoxy) is 2. The van der Waals surface area contributed by atoms with Crippen LogP contribution in [0.1, 0.15) is 38.0 Å². The van der Waals surface area contributed by atoms with Gasteiger partial charge in [0.25, 0.3) is 5.91 Å². The predicted molar refractivity (Wildman–Crippen MR) is 143 cm³/mol. The summed E-state index contributed by atoms with van der Waals surface area (Å²) in [4.78, 5) is 29.1. The van der Waals surface area contributed by atoms with Gasteiger partial charge in [0.15, 0.2) is 11.5 Å². The standard InChI is InChI=1S/C28H28FN3O5S/c1-16-24(14-31(2)13-21(33)18-6-9-22-23(10-18)37-15-36-22)38-27-25(16)32(3)12-20(26(27)34)28(35)30-11-17-4-7-19(29)8-5-17/h4-10,12,21,33H,11,13-15H2,1-3H3,(H,30,35). The number of fused-ring (bicyclic) bond motifs is 2. The maximum Gasteiger partial charge on any atom is 0.257 e. The van der Waals surface area contributed by atoms with Crippen molar-refractivity contribution in [3.8, 4) is 11.5 Å². The van der Waals surface area contributed by atoms with Crippen molar-refractivity contribution in [3.05, 3.63) is 91.8 Å². The molecule has 10 heteroatoms. The lowest BCUT2D eigenvalue weighted by molar-refractivity contribution is 0.0949. The van der Waals surface area contributed by atoms with Gasteiger partial charge in [0.2, 0.25) is 12.2 Å². The van der Waals surface area contributed by atoms with Gasteiger partial charge in [-0.2, -0.15) is 0 Å². The summed E-state index contributed by atoms with van der Waals surface area (Å²) < 4.78 is 26.2. The second-order valence-electron chi connectivity index (χ2n) is 9.45. The number of pyridine rings is 1. The lowest BCUT2D eigenvalue weighted by Crippen LogP contribution is -2.29. The lowest BCUT2D eigenvalue weighted by Gasteiger charge is -2.20. The van der Waals surface area contributed by atoms with Crippen molar-refractivity contribution in [2.45, 2.75) is 26.1 Å². The summed E-state index contributed by atoms with van der Waals surface area (Å²) >= 11 is 1.37. The van der Waals surface area contributed by atoms with Crippen molar-refractivity contribution in [1.29, 1.82) is 0 Å². The highest BCUT2D eigenvalue weighted by Gasteiger charge is 2.22. The fourth-order valence-electron chi connectivity index (χ4n) is 4.59. The topological polar surface area (TPSA) is 93.0 Å². The molecule has 1 atom stereocenters. The van der Waals surface area contributed by atoms with Crippen LogP contribution in [0.15, 0.2) is 53.5 Å². The summed E-state index contributed by atoms with van der Waals surface area (Å²) in [5.74, 6) is 0.460. The Balaban J connectivity index is 1.31. The maximum absolute atomic E-state index is 13.3. The van der Waals surface area contributed by atoms with Crippen molar-refractivity contribution in [3.63, 3.8) is 0 Å². The van der Waals surface area contributed by atoms with Crippen LogP contribution in [0.5, 0.6) is 11.5 Å². The highest BCUT2D eigenvalue weighted by molar-refractivity contribution is 7.19. The van der Waals surface area contributed by atoms with E-state index >= 15 is 0 Å². The number of aliphatic hydroxyl groups is 1. The van der Waals surface area contributed by atoms with Crippen LogP contribution < -0.4 is 20.2 Å². The number of aromatic nitrogens is 1. The summed E-state index contributed by atoms with van der Waals surface area (Å²) in [7, 11) is 3.72. The third-order valence-corrected chi connectivity index (χ3v) is 7.90. The second-order valence-corrected chi connectivity index (χ2v) is 10.6. The Morgan fingerprint density at radius 3 is 2.71 bits per heavy atom. The monoisotopic (exact) mass is 537 g/mol. The molecular weight excluding hydrogens is 509 g/mol. The molecule has 0 saturated heterocycles. The summed E-state index contributed by atoms with van der Waals surface area (Å²) in [6.45, 7) is 3.23. The number of halogens is 1. The largest absolute Gasteiger partial charge is 0.454 e. The number of hydrogen-bond donors (Lipinski definition) is 2. The van der Waals surface area contributed by atoms with Crippen molar-refractivity contribution < 1.29 is 23.8 Å². The maximum atomic E-state index is 13.3. The average molecular weight is 538 g/mol. The van der Waals surface area contributed by atoms with E-state index in [4.69, 9.17) is 9.47 Å². The van der Waals surface area contributed by atoms with Gasteiger partial charge in [0, 0.05) is 37.8 Å². The van der Waals surface area contributed by atoms with Crippen LogP contribution in [0, 0.1) is 12.7 Å². The summed E-state index contributed by atoms with van der Waals surface area (Å²) in [6, 6.07) is 11.2. The van der Waals surface area contributed by atoms with Crippen molar-refractivity contribution in [2.24, 2.45) is 7.05 Å². The molecule has 0 bridgehead atoms. The number of benzene rings is 2. The average Bonchev–Trinajstić information content (AvgIpc) is 3.50. The van der Waals surface area contributed by atoms with E-state index in [0.29, 0.717) is 29.3 Å². The number of rotatable bonds is 8. The molecule has 38 heavy (non-hydrogen) atoms. The van der Waals surface area contributed by atoms with E-state index in [1.807, 2.05) is 32.0 Å². The van der Waals surface area contributed by atoms with Gasteiger partial charge in [-0.05, 0) is 54.9 Å². The fraction of sp³-hybridized carbons (Fsp3) is 0.286. The molecule has 0 aliphatic carbocycles. The molecule has 0 spiro atoms. The fourth-order valence-corrected chi connectivity index (χ4v) is 5.97. The third-order valence-electron chi connectivity index (χ3n) is 6.63. The molecule has 1 aliphatic rings. The molecule has 4 aromatic rings. The van der Waals surface area contributed by atoms with Crippen LogP contribution in [0.2, 0.25) is 0 Å². The first-order valence-corrected chi connectivity index (χ1v) is 12.9. The molecule has 0 fully saturated rings. The predicted octanol–water partition coefficient (Wildman–Crippen LogP) is 3.87. The van der Waals surface area contributed by atoms with Gasteiger partial charge in [-0.15, -0.1) is 11.3 Å². The molecule has 1 amide bonds. The highest BCUT2D eigenvalue weighted by Crippen LogP contribution is 2.35. The number of carbonyl (C=O) groups is 1. The molecule has 0 saturated carbocycles. The van der Waals surface area contributed by atoms with Crippen molar-refractivity contribution in [2.75, 3.05) is 20.4 Å². The molecule has 198 valence electrons. The van der Waals surface area contributed by atoms with Gasteiger partial charge in [-0.1, -0.05) is 18.2 Å². The van der Waals surface area contributed by atoms with Gasteiger partial charge in [-0.3, -0.25) is 14.5 Å². The van der Waals surface area contributed by atoms with E-state index in [-0.39, 0.29) is 30.1 Å². The highest BCUT2D eigenvalue weighted by atomic mass is 32.1. The Labute approximate surface area is 222 Å². The minimum atomic E-state index is -0.730. The Kier molecular flexibility index (Phi) is 7.20. The zero-order chi connectivity index (χ0) is 27.0. The second kappa shape index (κ2) is 10.6. The minimum Gasteiger partial charge on any atom is -0.454 e. The van der Waals surface area contributed by atoms with E-state index in [2.05, 4.69) is 5.32 Å². The Hall–Kier alpha value is -3.73. The first-order chi connectivity index (χ1) is 18.2. The number of nitrogens with one attached hydrogen (secondary N) is 1. The molecule has 5 rings (SSSR count). The Bertz CT molecular complexity index is 1560. The Morgan fingerprint density at radius 2 is 1.95 bits per heavy atom. The van der Waals surface area contributed by atoms with E-state index < -0.39 is 12.0 Å². The van der Waals surface area contributed by atoms with Gasteiger partial charge < -0.3 is 24.5 Å². The lowest BCUT2D eigenvalue weighted by atomic mass is 10.1. The number of aliphatic hydroxyl groups excluding tert-OH is 1. The third kappa shape index (κ3) is 5.15. The Morgan fingerprint density at radius 1 is 1.21 bits per heavy atom. The minimum absolute atomic E-state index is 0.0569.